The first-order valence-corrected chi connectivity index (χ1v) is 3.40. The van der Waals surface area contributed by atoms with Gasteiger partial charge in [-0.3, -0.25) is 4.79 Å². The predicted molar refractivity (Wildman–Crippen MR) is 45.8 cm³/mol. The number of amides is 1. The molecule has 0 aromatic rings. The molecule has 3 heteroatoms. The summed E-state index contributed by atoms with van der Waals surface area (Å²) in [6, 6.07) is 0. The Bertz CT molecular complexity index is 62.6. The molecule has 0 aliphatic carbocycles. The van der Waals surface area contributed by atoms with Gasteiger partial charge in [-0.05, 0) is 7.05 Å². The second-order valence-electron chi connectivity index (χ2n) is 1.41. The Morgan fingerprint density at radius 1 is 1.20 bits per heavy atom. The van der Waals surface area contributed by atoms with Crippen LogP contribution in [0, 0.1) is 0 Å². The third kappa shape index (κ3) is 26.1. The molecule has 1 amide bonds. The highest BCUT2D eigenvalue weighted by atomic mass is 16.2. The lowest BCUT2D eigenvalue weighted by Crippen LogP contribution is -2.17. The number of nitrogens with zero attached hydrogens (tertiary/aromatic N) is 1. The van der Waals surface area contributed by atoms with Gasteiger partial charge < -0.3 is 10.6 Å². The molecule has 0 rings (SSSR count). The maximum Gasteiger partial charge on any atom is 0.218 e. The Balaban J connectivity index is -0.000000105. The van der Waals surface area contributed by atoms with Crippen LogP contribution in [0.15, 0.2) is 0 Å². The summed E-state index contributed by atoms with van der Waals surface area (Å²) in [5.41, 5.74) is 4.50. The van der Waals surface area contributed by atoms with Crippen LogP contribution in [-0.4, -0.2) is 32.0 Å². The minimum Gasteiger partial charge on any atom is -0.349 e. The lowest BCUT2D eigenvalue weighted by atomic mass is 10.7. The van der Waals surface area contributed by atoms with E-state index in [0.29, 0.717) is 0 Å². The van der Waals surface area contributed by atoms with E-state index in [1.54, 1.807) is 14.1 Å². The highest BCUT2D eigenvalue weighted by Gasteiger charge is 1.87. The molecule has 0 saturated carbocycles. The summed E-state index contributed by atoms with van der Waals surface area (Å²) < 4.78 is 0. The van der Waals surface area contributed by atoms with Crippen molar-refractivity contribution in [3.8, 4) is 0 Å². The molecule has 3 nitrogen and oxygen atoms in total. The number of hydrogen-bond acceptors (Lipinski definition) is 2. The largest absolute Gasteiger partial charge is 0.349 e. The minimum absolute atomic E-state index is 0.0926. The van der Waals surface area contributed by atoms with Gasteiger partial charge in [0.15, 0.2) is 0 Å². The van der Waals surface area contributed by atoms with Crippen LogP contribution >= 0.6 is 0 Å². The SMILES string of the molecule is CC.CC(=O)N(C)C.CN. The van der Waals surface area contributed by atoms with E-state index in [4.69, 9.17) is 0 Å². The first-order valence-electron chi connectivity index (χ1n) is 3.40. The van der Waals surface area contributed by atoms with Gasteiger partial charge in [-0.1, -0.05) is 13.8 Å². The van der Waals surface area contributed by atoms with Gasteiger partial charge in [-0.2, -0.15) is 0 Å². The van der Waals surface area contributed by atoms with E-state index in [-0.39, 0.29) is 5.91 Å². The molecule has 2 N–H and O–H groups in total. The molecule has 0 aliphatic rings. The Kier molecular flexibility index (Phi) is 25.6. The van der Waals surface area contributed by atoms with Gasteiger partial charge in [-0.15, -0.1) is 0 Å². The van der Waals surface area contributed by atoms with Crippen molar-refractivity contribution in [1.29, 1.82) is 0 Å². The van der Waals surface area contributed by atoms with Crippen LogP contribution in [-0.2, 0) is 4.79 Å². The number of hydrogen-bond donors (Lipinski definition) is 1. The third-order valence-electron chi connectivity index (χ3n) is 0.630. The van der Waals surface area contributed by atoms with Crippen molar-refractivity contribution in [1.82, 2.24) is 4.90 Å². The average Bonchev–Trinajstić information content (AvgIpc) is 1.96. The fraction of sp³-hybridized carbons (Fsp3) is 0.857. The second-order valence-corrected chi connectivity index (χ2v) is 1.41. The molecule has 0 heterocycles. The standard InChI is InChI=1S/C4H9NO.C2H6.CH5N/c1-4(6)5(2)3;2*1-2/h1-3H3;1-2H3;2H2,1H3. The summed E-state index contributed by atoms with van der Waals surface area (Å²) in [5, 5.41) is 0. The Labute approximate surface area is 64.2 Å². The summed E-state index contributed by atoms with van der Waals surface area (Å²) in [4.78, 5) is 11.6. The number of nitrogens with two attached hydrogens (primary N) is 1. The van der Waals surface area contributed by atoms with E-state index in [1.165, 1.54) is 18.9 Å². The van der Waals surface area contributed by atoms with Crippen LogP contribution in [0.3, 0.4) is 0 Å². The zero-order valence-electron chi connectivity index (χ0n) is 7.93. The number of carbonyl (C=O) groups is 1. The van der Waals surface area contributed by atoms with Gasteiger partial charge in [0, 0.05) is 21.0 Å². The van der Waals surface area contributed by atoms with Crippen molar-refractivity contribution < 1.29 is 4.79 Å². The summed E-state index contributed by atoms with van der Waals surface area (Å²) in [7, 11) is 4.95. The van der Waals surface area contributed by atoms with Gasteiger partial charge in [0.25, 0.3) is 0 Å². The smallest absolute Gasteiger partial charge is 0.218 e. The second kappa shape index (κ2) is 15.8. The molecule has 64 valence electrons. The van der Waals surface area contributed by atoms with E-state index in [0.717, 1.165) is 0 Å². The summed E-state index contributed by atoms with van der Waals surface area (Å²) >= 11 is 0. The Morgan fingerprint density at radius 2 is 1.30 bits per heavy atom. The van der Waals surface area contributed by atoms with Crippen LogP contribution < -0.4 is 5.73 Å². The Morgan fingerprint density at radius 3 is 1.30 bits per heavy atom. The molecule has 0 fully saturated rings. The van der Waals surface area contributed by atoms with Crippen LogP contribution in [0.4, 0.5) is 0 Å². The molecule has 0 radical (unpaired) electrons. The summed E-state index contributed by atoms with van der Waals surface area (Å²) in [5.74, 6) is 0.0926. The van der Waals surface area contributed by atoms with Crippen molar-refractivity contribution >= 4 is 5.91 Å². The lowest BCUT2D eigenvalue weighted by molar-refractivity contribution is -0.126. The maximum atomic E-state index is 10.1. The van der Waals surface area contributed by atoms with Crippen molar-refractivity contribution in [2.75, 3.05) is 21.1 Å². The molecule has 0 spiro atoms. The van der Waals surface area contributed by atoms with E-state index in [2.05, 4.69) is 5.73 Å². The van der Waals surface area contributed by atoms with E-state index in [1.807, 2.05) is 13.8 Å². The van der Waals surface area contributed by atoms with Gasteiger partial charge in [0.1, 0.15) is 0 Å². The van der Waals surface area contributed by atoms with E-state index >= 15 is 0 Å². The fourth-order valence-corrected chi connectivity index (χ4v) is 0. The average molecular weight is 148 g/mol. The van der Waals surface area contributed by atoms with Crippen molar-refractivity contribution in [2.45, 2.75) is 20.8 Å². The zero-order valence-corrected chi connectivity index (χ0v) is 7.93. The monoisotopic (exact) mass is 148 g/mol. The number of rotatable bonds is 0. The molecule has 0 aromatic carbocycles. The minimum atomic E-state index is 0.0926. The third-order valence-corrected chi connectivity index (χ3v) is 0.630. The van der Waals surface area contributed by atoms with Crippen LogP contribution in [0.1, 0.15) is 20.8 Å². The summed E-state index contributed by atoms with van der Waals surface area (Å²) in [6.45, 7) is 5.53. The highest BCUT2D eigenvalue weighted by Crippen LogP contribution is 1.69. The zero-order chi connectivity index (χ0) is 9.15. The maximum absolute atomic E-state index is 10.1. The van der Waals surface area contributed by atoms with Crippen LogP contribution in [0.5, 0.6) is 0 Å². The topological polar surface area (TPSA) is 46.3 Å². The van der Waals surface area contributed by atoms with E-state index in [9.17, 15) is 4.79 Å². The van der Waals surface area contributed by atoms with E-state index < -0.39 is 0 Å². The summed E-state index contributed by atoms with van der Waals surface area (Å²) in [6.07, 6.45) is 0. The van der Waals surface area contributed by atoms with Crippen molar-refractivity contribution in [3.05, 3.63) is 0 Å². The van der Waals surface area contributed by atoms with Gasteiger partial charge in [-0.25, -0.2) is 0 Å². The normalized spacial score (nSPS) is 5.90. The van der Waals surface area contributed by atoms with Gasteiger partial charge >= 0.3 is 0 Å². The highest BCUT2D eigenvalue weighted by molar-refractivity contribution is 5.72. The first kappa shape index (κ1) is 16.2. The molecule has 0 bridgehead atoms. The molecular weight excluding hydrogens is 128 g/mol. The van der Waals surface area contributed by atoms with Gasteiger partial charge in [0.2, 0.25) is 5.91 Å². The van der Waals surface area contributed by atoms with Crippen LogP contribution in [0.25, 0.3) is 0 Å². The molecule has 0 unspecified atom stereocenters. The van der Waals surface area contributed by atoms with Gasteiger partial charge in [0.05, 0.1) is 0 Å². The number of carbonyl (C=O) groups excluding carboxylic acids is 1. The molecule has 0 aromatic heterocycles. The molecule has 0 atom stereocenters. The van der Waals surface area contributed by atoms with Crippen molar-refractivity contribution in [2.24, 2.45) is 5.73 Å². The predicted octanol–water partition coefficient (Wildman–Crippen LogP) is 0.696. The quantitative estimate of drug-likeness (QED) is 0.549. The van der Waals surface area contributed by atoms with Crippen LogP contribution in [0.2, 0.25) is 0 Å². The molecular formula is C7H20N2O. The molecule has 0 aliphatic heterocycles. The first-order chi connectivity index (χ1) is 4.64. The molecule has 0 saturated heterocycles. The molecule has 10 heavy (non-hydrogen) atoms. The lowest BCUT2D eigenvalue weighted by Gasteiger charge is -2.02. The van der Waals surface area contributed by atoms with Crippen molar-refractivity contribution in [3.63, 3.8) is 0 Å². The fourth-order valence-electron chi connectivity index (χ4n) is 0. The Hall–Kier alpha value is -0.570.